The lowest BCUT2D eigenvalue weighted by Gasteiger charge is -1.99. The average Bonchev–Trinajstić information content (AvgIpc) is 2.29. The summed E-state index contributed by atoms with van der Waals surface area (Å²) in [5.74, 6) is -1.08. The zero-order valence-corrected chi connectivity index (χ0v) is 9.27. The first-order valence-corrected chi connectivity index (χ1v) is 5.39. The van der Waals surface area contributed by atoms with Gasteiger partial charge in [0.25, 0.3) is 5.56 Å². The minimum Gasteiger partial charge on any atom is -0.477 e. The molecule has 0 saturated carbocycles. The summed E-state index contributed by atoms with van der Waals surface area (Å²) in [6.45, 7) is 0. The molecule has 0 bridgehead atoms. The van der Waals surface area contributed by atoms with Crippen LogP contribution in [0.4, 0.5) is 0 Å². The Hall–Kier alpha value is -2.15. The molecular weight excluding hydrogens is 242 g/mol. The number of pyridine rings is 1. The molecule has 0 spiro atoms. The molecule has 0 aromatic carbocycles. The van der Waals surface area contributed by atoms with E-state index in [-0.39, 0.29) is 11.3 Å². The van der Waals surface area contributed by atoms with Crippen LogP contribution < -0.4 is 5.56 Å². The van der Waals surface area contributed by atoms with E-state index in [1.165, 1.54) is 36.3 Å². The van der Waals surface area contributed by atoms with E-state index >= 15 is 0 Å². The Balaban J connectivity index is 2.19. The van der Waals surface area contributed by atoms with Gasteiger partial charge in [0.05, 0.1) is 0 Å². The fourth-order valence-corrected chi connectivity index (χ4v) is 1.81. The van der Waals surface area contributed by atoms with Crippen LogP contribution in [0.2, 0.25) is 0 Å². The molecule has 2 aromatic rings. The van der Waals surface area contributed by atoms with Gasteiger partial charge in [-0.1, -0.05) is 11.8 Å². The molecule has 0 amide bonds. The number of carboxylic acids is 1. The summed E-state index contributed by atoms with van der Waals surface area (Å²) in [6, 6.07) is 4.32. The Bertz CT molecular complexity index is 594. The third kappa shape index (κ3) is 2.91. The SMILES string of the molecule is O=C(O)c1ccc(Sc2nccc(=O)[nH]2)cn1. The van der Waals surface area contributed by atoms with Gasteiger partial charge in [-0.2, -0.15) is 0 Å². The maximum atomic E-state index is 11.0. The van der Waals surface area contributed by atoms with Crippen molar-refractivity contribution in [3.63, 3.8) is 0 Å². The number of nitrogens with zero attached hydrogens (tertiary/aromatic N) is 2. The summed E-state index contributed by atoms with van der Waals surface area (Å²) in [5.41, 5.74) is -0.263. The molecule has 0 aliphatic rings. The molecule has 2 heterocycles. The number of hydrogen-bond donors (Lipinski definition) is 2. The molecule has 0 atom stereocenters. The van der Waals surface area contributed by atoms with Gasteiger partial charge in [-0.25, -0.2) is 14.8 Å². The summed E-state index contributed by atoms with van der Waals surface area (Å²) in [6.07, 6.45) is 2.82. The molecule has 0 aliphatic heterocycles. The zero-order chi connectivity index (χ0) is 12.3. The van der Waals surface area contributed by atoms with Crippen molar-refractivity contribution in [1.82, 2.24) is 15.0 Å². The Labute approximate surface area is 99.8 Å². The molecule has 2 N–H and O–H groups in total. The van der Waals surface area contributed by atoms with Gasteiger partial charge in [0.15, 0.2) is 5.16 Å². The third-order valence-corrected chi connectivity index (χ3v) is 2.70. The third-order valence-electron chi connectivity index (χ3n) is 1.82. The van der Waals surface area contributed by atoms with Crippen LogP contribution in [0.3, 0.4) is 0 Å². The predicted molar refractivity (Wildman–Crippen MR) is 60.2 cm³/mol. The van der Waals surface area contributed by atoms with E-state index in [9.17, 15) is 9.59 Å². The minimum atomic E-state index is -1.08. The standard InChI is InChI=1S/C10H7N3O3S/c14-8-3-4-11-10(13-8)17-6-1-2-7(9(15)16)12-5-6/h1-5H,(H,15,16)(H,11,13,14). The Morgan fingerprint density at radius 3 is 2.71 bits per heavy atom. The van der Waals surface area contributed by atoms with Gasteiger partial charge in [0, 0.05) is 23.4 Å². The van der Waals surface area contributed by atoms with Crippen molar-refractivity contribution in [2.24, 2.45) is 0 Å². The molecule has 7 heteroatoms. The summed E-state index contributed by atoms with van der Waals surface area (Å²) in [5, 5.41) is 9.11. The van der Waals surface area contributed by atoms with E-state index < -0.39 is 5.97 Å². The van der Waals surface area contributed by atoms with Crippen LogP contribution in [0.25, 0.3) is 0 Å². The highest BCUT2D eigenvalue weighted by Gasteiger charge is 2.05. The van der Waals surface area contributed by atoms with Crippen LogP contribution in [0, 0.1) is 0 Å². The van der Waals surface area contributed by atoms with E-state index in [2.05, 4.69) is 15.0 Å². The lowest BCUT2D eigenvalue weighted by Crippen LogP contribution is -2.05. The molecule has 0 unspecified atom stereocenters. The summed E-state index contributed by atoms with van der Waals surface area (Å²) >= 11 is 1.20. The van der Waals surface area contributed by atoms with E-state index in [4.69, 9.17) is 5.11 Å². The topological polar surface area (TPSA) is 95.9 Å². The van der Waals surface area contributed by atoms with Crippen molar-refractivity contribution in [2.75, 3.05) is 0 Å². The van der Waals surface area contributed by atoms with Crippen LogP contribution in [-0.4, -0.2) is 26.0 Å². The van der Waals surface area contributed by atoms with Crippen LogP contribution in [0.15, 0.2) is 45.4 Å². The largest absolute Gasteiger partial charge is 0.477 e. The molecule has 17 heavy (non-hydrogen) atoms. The van der Waals surface area contributed by atoms with Crippen molar-refractivity contribution >= 4 is 17.7 Å². The first-order chi connectivity index (χ1) is 8.15. The molecule has 86 valence electrons. The van der Waals surface area contributed by atoms with Gasteiger partial charge in [-0.15, -0.1) is 0 Å². The van der Waals surface area contributed by atoms with Gasteiger partial charge in [0.1, 0.15) is 5.69 Å². The lowest BCUT2D eigenvalue weighted by atomic mass is 10.4. The predicted octanol–water partition coefficient (Wildman–Crippen LogP) is 1.01. The highest BCUT2D eigenvalue weighted by atomic mass is 32.2. The number of H-pyrrole nitrogens is 1. The van der Waals surface area contributed by atoms with Crippen molar-refractivity contribution in [2.45, 2.75) is 10.1 Å². The molecule has 6 nitrogen and oxygen atoms in total. The average molecular weight is 249 g/mol. The van der Waals surface area contributed by atoms with E-state index in [0.717, 1.165) is 0 Å². The number of nitrogens with one attached hydrogen (secondary N) is 1. The fraction of sp³-hybridized carbons (Fsp3) is 0. The van der Waals surface area contributed by atoms with Crippen LogP contribution in [-0.2, 0) is 0 Å². The minimum absolute atomic E-state index is 0.0242. The molecule has 0 aliphatic carbocycles. The quantitative estimate of drug-likeness (QED) is 0.788. The number of carboxylic acid groups (broad SMARTS) is 1. The monoisotopic (exact) mass is 249 g/mol. The normalized spacial score (nSPS) is 10.1. The molecule has 0 radical (unpaired) electrons. The van der Waals surface area contributed by atoms with Crippen molar-refractivity contribution < 1.29 is 9.90 Å². The first kappa shape index (κ1) is 11.3. The van der Waals surface area contributed by atoms with Crippen molar-refractivity contribution in [3.8, 4) is 0 Å². The number of carbonyl (C=O) groups is 1. The van der Waals surface area contributed by atoms with Gasteiger partial charge < -0.3 is 10.1 Å². The maximum absolute atomic E-state index is 11.0. The second-order valence-electron chi connectivity index (χ2n) is 3.03. The number of aromatic carboxylic acids is 1. The van der Waals surface area contributed by atoms with E-state index in [1.54, 1.807) is 6.07 Å². The van der Waals surface area contributed by atoms with Gasteiger partial charge >= 0.3 is 5.97 Å². The Kier molecular flexibility index (Phi) is 3.20. The summed E-state index contributed by atoms with van der Waals surface area (Å²) < 4.78 is 0. The van der Waals surface area contributed by atoms with Gasteiger partial charge in [0.2, 0.25) is 0 Å². The summed E-state index contributed by atoms with van der Waals surface area (Å²) in [4.78, 5) is 32.6. The molecule has 2 aromatic heterocycles. The number of aromatic nitrogens is 3. The van der Waals surface area contributed by atoms with Crippen molar-refractivity contribution in [1.29, 1.82) is 0 Å². The van der Waals surface area contributed by atoms with E-state index in [1.807, 2.05) is 0 Å². The Morgan fingerprint density at radius 1 is 1.29 bits per heavy atom. The smallest absolute Gasteiger partial charge is 0.354 e. The first-order valence-electron chi connectivity index (χ1n) is 4.58. The molecule has 2 rings (SSSR count). The van der Waals surface area contributed by atoms with Crippen LogP contribution in [0.5, 0.6) is 0 Å². The maximum Gasteiger partial charge on any atom is 0.354 e. The second-order valence-corrected chi connectivity index (χ2v) is 4.09. The Morgan fingerprint density at radius 2 is 2.12 bits per heavy atom. The number of rotatable bonds is 3. The van der Waals surface area contributed by atoms with Gasteiger partial charge in [-0.3, -0.25) is 4.79 Å². The summed E-state index contributed by atoms with van der Waals surface area (Å²) in [7, 11) is 0. The van der Waals surface area contributed by atoms with Gasteiger partial charge in [-0.05, 0) is 12.1 Å². The van der Waals surface area contributed by atoms with Crippen molar-refractivity contribution in [3.05, 3.63) is 46.6 Å². The number of hydrogen-bond acceptors (Lipinski definition) is 5. The highest BCUT2D eigenvalue weighted by molar-refractivity contribution is 7.99. The fourth-order valence-electron chi connectivity index (χ4n) is 1.08. The highest BCUT2D eigenvalue weighted by Crippen LogP contribution is 2.22. The molecule has 0 saturated heterocycles. The lowest BCUT2D eigenvalue weighted by molar-refractivity contribution is 0.0690. The van der Waals surface area contributed by atoms with E-state index in [0.29, 0.717) is 10.1 Å². The number of aromatic amines is 1. The van der Waals surface area contributed by atoms with Crippen LogP contribution in [0.1, 0.15) is 10.5 Å². The van der Waals surface area contributed by atoms with Crippen LogP contribution >= 0.6 is 11.8 Å². The zero-order valence-electron chi connectivity index (χ0n) is 8.45. The second kappa shape index (κ2) is 4.79. The molecule has 0 fully saturated rings. The molecular formula is C10H7N3O3S.